The molecule has 0 saturated carbocycles. The summed E-state index contributed by atoms with van der Waals surface area (Å²) in [6.45, 7) is 13.6. The molecule has 0 aliphatic heterocycles. The van der Waals surface area contributed by atoms with Crippen LogP contribution in [0, 0.1) is 0 Å². The van der Waals surface area contributed by atoms with Crippen molar-refractivity contribution in [3.63, 3.8) is 0 Å². The van der Waals surface area contributed by atoms with Gasteiger partial charge in [0.15, 0.2) is 12.4 Å². The average Bonchev–Trinajstić information content (AvgIpc) is 1.99. The Morgan fingerprint density at radius 2 is 1.13 bits per heavy atom. The fourth-order valence-corrected chi connectivity index (χ4v) is 1.54. The molecule has 0 atom stereocenters. The van der Waals surface area contributed by atoms with Crippen LogP contribution in [0.15, 0.2) is 18.5 Å². The van der Waals surface area contributed by atoms with Crippen molar-refractivity contribution in [2.45, 2.75) is 52.4 Å². The van der Waals surface area contributed by atoms with Gasteiger partial charge >= 0.3 is 0 Å². The van der Waals surface area contributed by atoms with Crippen LogP contribution in [-0.4, -0.2) is 0 Å². The van der Waals surface area contributed by atoms with Gasteiger partial charge in [0.05, 0.1) is 0 Å². The Hall–Kier alpha value is -0.850. The second kappa shape index (κ2) is 3.62. The molecule has 0 bridgehead atoms. The van der Waals surface area contributed by atoms with Gasteiger partial charge < -0.3 is 0 Å². The summed E-state index contributed by atoms with van der Waals surface area (Å²) >= 11 is 0. The lowest BCUT2D eigenvalue weighted by Crippen LogP contribution is -2.33. The molecule has 0 unspecified atom stereocenters. The van der Waals surface area contributed by atoms with Gasteiger partial charge in [-0.3, -0.25) is 0 Å². The summed E-state index contributed by atoms with van der Waals surface area (Å²) in [5.74, 6) is 0. The smallest absolute Gasteiger partial charge is 0.172 e. The number of aryl methyl sites for hydroxylation is 1. The number of hydrogen-bond donors (Lipinski definition) is 0. The average molecular weight is 206 g/mol. The molecule has 15 heavy (non-hydrogen) atoms. The summed E-state index contributed by atoms with van der Waals surface area (Å²) in [5.41, 5.74) is 3.24. The van der Waals surface area contributed by atoms with Crippen LogP contribution < -0.4 is 4.57 Å². The Kier molecular flexibility index (Phi) is 2.95. The first-order chi connectivity index (χ1) is 6.60. The summed E-state index contributed by atoms with van der Waals surface area (Å²) in [6, 6.07) is 2.33. The van der Waals surface area contributed by atoms with Crippen LogP contribution in [-0.2, 0) is 17.9 Å². The first kappa shape index (κ1) is 12.2. The van der Waals surface area contributed by atoms with Crippen molar-refractivity contribution in [3.8, 4) is 0 Å². The maximum Gasteiger partial charge on any atom is 0.172 e. The van der Waals surface area contributed by atoms with Gasteiger partial charge in [-0.15, -0.1) is 0 Å². The van der Waals surface area contributed by atoms with E-state index in [0.717, 1.165) is 0 Å². The van der Waals surface area contributed by atoms with Crippen LogP contribution in [0.4, 0.5) is 0 Å². The summed E-state index contributed by atoms with van der Waals surface area (Å²) in [7, 11) is 2.10. The fourth-order valence-electron chi connectivity index (χ4n) is 1.54. The van der Waals surface area contributed by atoms with Gasteiger partial charge in [-0.2, -0.15) is 0 Å². The predicted molar refractivity (Wildman–Crippen MR) is 65.0 cm³/mol. The summed E-state index contributed by atoms with van der Waals surface area (Å²) in [5, 5.41) is 0. The Balaban J connectivity index is 3.30. The van der Waals surface area contributed by atoms with Gasteiger partial charge in [-0.25, -0.2) is 4.57 Å². The second-order valence-electron chi connectivity index (χ2n) is 6.48. The standard InChI is InChI=1S/C14H24N/c1-13(2,3)11-8-12(14(4,5)6)10-15(7)9-11/h8-10H,1-7H3/q+1. The lowest BCUT2D eigenvalue weighted by molar-refractivity contribution is -0.672. The second-order valence-corrected chi connectivity index (χ2v) is 6.48. The quantitative estimate of drug-likeness (QED) is 0.574. The first-order valence-corrected chi connectivity index (χ1v) is 5.62. The van der Waals surface area contributed by atoms with E-state index in [0.29, 0.717) is 0 Å². The highest BCUT2D eigenvalue weighted by molar-refractivity contribution is 5.26. The van der Waals surface area contributed by atoms with E-state index >= 15 is 0 Å². The monoisotopic (exact) mass is 206 g/mol. The van der Waals surface area contributed by atoms with E-state index in [1.54, 1.807) is 0 Å². The number of pyridine rings is 1. The lowest BCUT2D eigenvalue weighted by atomic mass is 9.82. The van der Waals surface area contributed by atoms with E-state index < -0.39 is 0 Å². The fraction of sp³-hybridized carbons (Fsp3) is 0.643. The lowest BCUT2D eigenvalue weighted by Gasteiger charge is -2.22. The van der Waals surface area contributed by atoms with Gasteiger partial charge in [-0.05, 0) is 16.9 Å². The Morgan fingerprint density at radius 3 is 1.40 bits per heavy atom. The minimum atomic E-state index is 0.221. The highest BCUT2D eigenvalue weighted by atomic mass is 14.9. The summed E-state index contributed by atoms with van der Waals surface area (Å²) in [6.07, 6.45) is 4.43. The molecular formula is C14H24N+. The molecule has 1 aromatic rings. The Morgan fingerprint density at radius 1 is 0.800 bits per heavy atom. The van der Waals surface area contributed by atoms with E-state index in [9.17, 15) is 0 Å². The van der Waals surface area contributed by atoms with Crippen molar-refractivity contribution in [2.24, 2.45) is 7.05 Å². The van der Waals surface area contributed by atoms with E-state index in [1.807, 2.05) is 0 Å². The molecule has 1 heteroatoms. The van der Waals surface area contributed by atoms with Gasteiger partial charge in [0.25, 0.3) is 0 Å². The molecule has 1 nitrogen and oxygen atoms in total. The Bertz CT molecular complexity index is 318. The first-order valence-electron chi connectivity index (χ1n) is 5.62. The number of rotatable bonds is 0. The van der Waals surface area contributed by atoms with Crippen LogP contribution in [0.2, 0.25) is 0 Å². The summed E-state index contributed by atoms with van der Waals surface area (Å²) < 4.78 is 2.17. The van der Waals surface area contributed by atoms with Crippen LogP contribution in [0.25, 0.3) is 0 Å². The zero-order valence-electron chi connectivity index (χ0n) is 11.2. The number of aromatic nitrogens is 1. The maximum absolute atomic E-state index is 2.33. The van der Waals surface area contributed by atoms with Crippen LogP contribution >= 0.6 is 0 Å². The topological polar surface area (TPSA) is 3.88 Å². The molecule has 0 radical (unpaired) electrons. The van der Waals surface area contributed by atoms with E-state index in [4.69, 9.17) is 0 Å². The van der Waals surface area contributed by atoms with Gasteiger partial charge in [0, 0.05) is 11.1 Å². The third kappa shape index (κ3) is 3.05. The molecule has 0 aliphatic rings. The van der Waals surface area contributed by atoms with E-state index in [2.05, 4.69) is 71.6 Å². The SMILES string of the molecule is C[n+]1cc(C(C)(C)C)cc(C(C)(C)C)c1. The molecule has 0 N–H and O–H groups in total. The molecule has 0 saturated heterocycles. The predicted octanol–water partition coefficient (Wildman–Crippen LogP) is 3.11. The largest absolute Gasteiger partial charge is 0.207 e. The van der Waals surface area contributed by atoms with Crippen LogP contribution in [0.5, 0.6) is 0 Å². The maximum atomic E-state index is 2.33. The normalized spacial score (nSPS) is 13.0. The van der Waals surface area contributed by atoms with E-state index in [-0.39, 0.29) is 10.8 Å². The van der Waals surface area contributed by atoms with Crippen molar-refractivity contribution in [1.29, 1.82) is 0 Å². The molecule has 84 valence electrons. The minimum absolute atomic E-state index is 0.221. The zero-order valence-corrected chi connectivity index (χ0v) is 11.2. The van der Waals surface area contributed by atoms with Crippen molar-refractivity contribution in [2.75, 3.05) is 0 Å². The molecule has 1 heterocycles. The van der Waals surface area contributed by atoms with Crippen molar-refractivity contribution in [1.82, 2.24) is 0 Å². The Labute approximate surface area is 94.1 Å². The van der Waals surface area contributed by atoms with Gasteiger partial charge in [-0.1, -0.05) is 41.5 Å². The molecule has 0 fully saturated rings. The van der Waals surface area contributed by atoms with Gasteiger partial charge in [0.1, 0.15) is 7.05 Å². The highest BCUT2D eigenvalue weighted by Crippen LogP contribution is 2.26. The van der Waals surface area contributed by atoms with Crippen molar-refractivity contribution >= 4 is 0 Å². The van der Waals surface area contributed by atoms with Crippen molar-refractivity contribution < 1.29 is 4.57 Å². The highest BCUT2D eigenvalue weighted by Gasteiger charge is 2.22. The molecule has 0 aromatic carbocycles. The molecule has 1 aromatic heterocycles. The third-order valence-electron chi connectivity index (χ3n) is 2.73. The van der Waals surface area contributed by atoms with Crippen LogP contribution in [0.1, 0.15) is 52.7 Å². The molecule has 0 spiro atoms. The zero-order chi connectivity index (χ0) is 11.9. The van der Waals surface area contributed by atoms with Crippen molar-refractivity contribution in [3.05, 3.63) is 29.6 Å². The molecular weight excluding hydrogens is 182 g/mol. The van der Waals surface area contributed by atoms with Crippen LogP contribution in [0.3, 0.4) is 0 Å². The third-order valence-corrected chi connectivity index (χ3v) is 2.73. The molecule has 1 rings (SSSR count). The van der Waals surface area contributed by atoms with Gasteiger partial charge in [0.2, 0.25) is 0 Å². The van der Waals surface area contributed by atoms with E-state index in [1.165, 1.54) is 11.1 Å². The number of nitrogens with zero attached hydrogens (tertiary/aromatic N) is 1. The number of hydrogen-bond acceptors (Lipinski definition) is 0. The molecule has 0 amide bonds. The summed E-state index contributed by atoms with van der Waals surface area (Å²) in [4.78, 5) is 0. The minimum Gasteiger partial charge on any atom is -0.207 e. The molecule has 0 aliphatic carbocycles.